The minimum Gasteiger partial charge on any atom is -0.496 e. The molecule has 0 bridgehead atoms. The van der Waals surface area contributed by atoms with Gasteiger partial charge in [-0.1, -0.05) is 18.2 Å². The molecule has 1 aromatic heterocycles. The predicted octanol–water partition coefficient (Wildman–Crippen LogP) is 4.11. The lowest BCUT2D eigenvalue weighted by atomic mass is 10.0. The molecule has 0 N–H and O–H groups in total. The van der Waals surface area contributed by atoms with Crippen LogP contribution in [-0.2, 0) is 9.53 Å². The molecule has 6 heteroatoms. The molecule has 1 heterocycles. The molecule has 0 amide bonds. The third-order valence-corrected chi connectivity index (χ3v) is 4.14. The summed E-state index contributed by atoms with van der Waals surface area (Å²) in [5, 5.41) is 0.420. The van der Waals surface area contributed by atoms with Gasteiger partial charge in [-0.05, 0) is 39.0 Å². The molecular weight excluding hydrogens is 360 g/mol. The molecule has 6 nitrogen and oxygen atoms in total. The third-order valence-electron chi connectivity index (χ3n) is 4.14. The number of hydrogen-bond acceptors (Lipinski definition) is 6. The number of carbonyl (C=O) groups excluding carboxylic acids is 1. The average molecular weight is 382 g/mol. The topological polar surface area (TPSA) is 75.0 Å². The second kappa shape index (κ2) is 8.17. The van der Waals surface area contributed by atoms with Gasteiger partial charge in [0.1, 0.15) is 22.8 Å². The second-order valence-electron chi connectivity index (χ2n) is 6.55. The fraction of sp³-hybridized carbons (Fsp3) is 0.273. The zero-order valence-corrected chi connectivity index (χ0v) is 16.3. The fourth-order valence-corrected chi connectivity index (χ4v) is 2.98. The van der Waals surface area contributed by atoms with E-state index < -0.39 is 5.97 Å². The molecule has 0 fully saturated rings. The normalized spacial score (nSPS) is 10.9. The maximum Gasteiger partial charge on any atom is 0.344 e. The Morgan fingerprint density at radius 3 is 2.61 bits per heavy atom. The maximum atomic E-state index is 13.1. The molecular formula is C22H22O6. The Kier molecular flexibility index (Phi) is 5.68. The number of aryl methyl sites for hydroxylation is 1. The van der Waals surface area contributed by atoms with E-state index >= 15 is 0 Å². The Bertz CT molecular complexity index is 1060. The highest BCUT2D eigenvalue weighted by Crippen LogP contribution is 2.32. The summed E-state index contributed by atoms with van der Waals surface area (Å²) in [7, 11) is 1.56. The van der Waals surface area contributed by atoms with Crippen LogP contribution < -0.4 is 14.9 Å². The summed E-state index contributed by atoms with van der Waals surface area (Å²) in [6.45, 7) is 5.05. The van der Waals surface area contributed by atoms with Gasteiger partial charge in [0.25, 0.3) is 0 Å². The lowest BCUT2D eigenvalue weighted by Gasteiger charge is -2.12. The first-order chi connectivity index (χ1) is 13.4. The van der Waals surface area contributed by atoms with Gasteiger partial charge in [-0.15, -0.1) is 0 Å². The van der Waals surface area contributed by atoms with Crippen molar-refractivity contribution in [3.63, 3.8) is 0 Å². The van der Waals surface area contributed by atoms with E-state index in [9.17, 15) is 9.59 Å². The fourth-order valence-electron chi connectivity index (χ4n) is 2.98. The maximum absolute atomic E-state index is 13.1. The Hall–Kier alpha value is -3.28. The summed E-state index contributed by atoms with van der Waals surface area (Å²) >= 11 is 0. The van der Waals surface area contributed by atoms with Crippen LogP contribution in [0.5, 0.6) is 11.5 Å². The van der Waals surface area contributed by atoms with Gasteiger partial charge in [0.15, 0.2) is 6.61 Å². The van der Waals surface area contributed by atoms with E-state index in [0.29, 0.717) is 39.4 Å². The molecule has 0 atom stereocenters. The quantitative estimate of drug-likeness (QED) is 0.597. The Morgan fingerprint density at radius 2 is 1.89 bits per heavy atom. The summed E-state index contributed by atoms with van der Waals surface area (Å²) in [6, 6.07) is 12.2. The Balaban J connectivity index is 1.97. The van der Waals surface area contributed by atoms with E-state index in [4.69, 9.17) is 18.6 Å². The van der Waals surface area contributed by atoms with Crippen molar-refractivity contribution < 1.29 is 23.4 Å². The van der Waals surface area contributed by atoms with Crippen LogP contribution in [0.4, 0.5) is 0 Å². The molecule has 0 saturated carbocycles. The first-order valence-electron chi connectivity index (χ1n) is 8.94. The van der Waals surface area contributed by atoms with Crippen LogP contribution in [0.2, 0.25) is 0 Å². The molecule has 0 saturated heterocycles. The van der Waals surface area contributed by atoms with Crippen LogP contribution in [0.1, 0.15) is 19.6 Å². The summed E-state index contributed by atoms with van der Waals surface area (Å²) in [5.41, 5.74) is 1.36. The van der Waals surface area contributed by atoms with Crippen LogP contribution in [0.3, 0.4) is 0 Å². The standard InChI is InChI=1S/C22H22O6/c1-13(2)27-20(23)12-26-15-9-10-17-19(11-15)28-14(3)21(22(17)24)16-7-5-6-8-18(16)25-4/h5-11,13H,12H2,1-4H3. The molecule has 0 radical (unpaired) electrons. The minimum absolute atomic E-state index is 0.158. The lowest BCUT2D eigenvalue weighted by molar-refractivity contribution is -0.149. The lowest BCUT2D eigenvalue weighted by Crippen LogP contribution is -2.18. The zero-order chi connectivity index (χ0) is 20.3. The molecule has 0 unspecified atom stereocenters. The molecule has 2 aromatic carbocycles. The predicted molar refractivity (Wildman–Crippen MR) is 106 cm³/mol. The summed E-state index contributed by atoms with van der Waals surface area (Å²) < 4.78 is 21.8. The van der Waals surface area contributed by atoms with Crippen LogP contribution in [-0.4, -0.2) is 25.8 Å². The van der Waals surface area contributed by atoms with Crippen LogP contribution in [0.25, 0.3) is 22.1 Å². The van der Waals surface area contributed by atoms with E-state index in [1.165, 1.54) is 0 Å². The SMILES string of the molecule is COc1ccccc1-c1c(C)oc2cc(OCC(=O)OC(C)C)ccc2c1=O. The van der Waals surface area contributed by atoms with Gasteiger partial charge in [0.2, 0.25) is 5.43 Å². The molecule has 0 aliphatic rings. The van der Waals surface area contributed by atoms with Gasteiger partial charge >= 0.3 is 5.97 Å². The molecule has 28 heavy (non-hydrogen) atoms. The Morgan fingerprint density at radius 1 is 1.14 bits per heavy atom. The molecule has 3 aromatic rings. The van der Waals surface area contributed by atoms with Crippen molar-refractivity contribution >= 4 is 16.9 Å². The number of carbonyl (C=O) groups is 1. The van der Waals surface area contributed by atoms with Crippen molar-refractivity contribution in [2.75, 3.05) is 13.7 Å². The van der Waals surface area contributed by atoms with Crippen molar-refractivity contribution in [3.8, 4) is 22.6 Å². The van der Waals surface area contributed by atoms with Crippen LogP contribution >= 0.6 is 0 Å². The number of hydrogen-bond donors (Lipinski definition) is 0. The average Bonchev–Trinajstić information content (AvgIpc) is 2.66. The van der Waals surface area contributed by atoms with E-state index in [-0.39, 0.29) is 18.1 Å². The number of esters is 1. The Labute approximate surface area is 162 Å². The van der Waals surface area contributed by atoms with Gasteiger partial charge in [-0.3, -0.25) is 4.79 Å². The smallest absolute Gasteiger partial charge is 0.344 e. The van der Waals surface area contributed by atoms with Crippen molar-refractivity contribution in [3.05, 3.63) is 58.4 Å². The number of fused-ring (bicyclic) bond motifs is 1. The molecule has 0 aliphatic carbocycles. The van der Waals surface area contributed by atoms with E-state index in [0.717, 1.165) is 0 Å². The van der Waals surface area contributed by atoms with Crippen molar-refractivity contribution in [1.82, 2.24) is 0 Å². The highest BCUT2D eigenvalue weighted by atomic mass is 16.6. The summed E-state index contributed by atoms with van der Waals surface area (Å²) in [6.07, 6.45) is -0.207. The molecule has 0 spiro atoms. The number of rotatable bonds is 6. The van der Waals surface area contributed by atoms with E-state index in [1.807, 2.05) is 18.2 Å². The van der Waals surface area contributed by atoms with E-state index in [1.54, 1.807) is 52.1 Å². The number of benzene rings is 2. The molecule has 3 rings (SSSR count). The van der Waals surface area contributed by atoms with Gasteiger partial charge in [-0.25, -0.2) is 4.79 Å². The molecule has 146 valence electrons. The van der Waals surface area contributed by atoms with Crippen molar-refractivity contribution in [2.24, 2.45) is 0 Å². The first kappa shape index (κ1) is 19.5. The number of para-hydroxylation sites is 1. The monoisotopic (exact) mass is 382 g/mol. The number of methoxy groups -OCH3 is 1. The third kappa shape index (κ3) is 4.01. The first-order valence-corrected chi connectivity index (χ1v) is 8.94. The van der Waals surface area contributed by atoms with Crippen molar-refractivity contribution in [1.29, 1.82) is 0 Å². The second-order valence-corrected chi connectivity index (χ2v) is 6.55. The van der Waals surface area contributed by atoms with Gasteiger partial charge in [-0.2, -0.15) is 0 Å². The highest BCUT2D eigenvalue weighted by Gasteiger charge is 2.17. The van der Waals surface area contributed by atoms with E-state index in [2.05, 4.69) is 0 Å². The number of ether oxygens (including phenoxy) is 3. The van der Waals surface area contributed by atoms with Gasteiger partial charge < -0.3 is 18.6 Å². The summed E-state index contributed by atoms with van der Waals surface area (Å²) in [4.78, 5) is 24.7. The largest absolute Gasteiger partial charge is 0.496 e. The highest BCUT2D eigenvalue weighted by molar-refractivity contribution is 5.85. The van der Waals surface area contributed by atoms with Crippen LogP contribution in [0, 0.1) is 6.92 Å². The molecule has 0 aliphatic heterocycles. The zero-order valence-electron chi connectivity index (χ0n) is 16.3. The van der Waals surface area contributed by atoms with Crippen LogP contribution in [0.15, 0.2) is 51.7 Å². The van der Waals surface area contributed by atoms with Gasteiger partial charge in [0.05, 0.1) is 24.2 Å². The van der Waals surface area contributed by atoms with Gasteiger partial charge in [0, 0.05) is 11.6 Å². The summed E-state index contributed by atoms with van der Waals surface area (Å²) in [5.74, 6) is 1.03. The van der Waals surface area contributed by atoms with Crippen molar-refractivity contribution in [2.45, 2.75) is 26.9 Å². The minimum atomic E-state index is -0.459.